The molecule has 1 atom stereocenters. The van der Waals surface area contributed by atoms with Crippen LogP contribution in [0, 0.1) is 0 Å². The molecule has 0 N–H and O–H groups in total. The van der Waals surface area contributed by atoms with Gasteiger partial charge in [0.2, 0.25) is 5.91 Å². The van der Waals surface area contributed by atoms with Gasteiger partial charge in [0.15, 0.2) is 0 Å². The second kappa shape index (κ2) is 7.80. The summed E-state index contributed by atoms with van der Waals surface area (Å²) in [6.45, 7) is 7.36. The Balaban J connectivity index is 1.34. The van der Waals surface area contributed by atoms with Crippen LogP contribution >= 0.6 is 11.3 Å². The molecule has 1 amide bonds. The highest BCUT2D eigenvalue weighted by molar-refractivity contribution is 7.07. The topological polar surface area (TPSA) is 26.8 Å². The molecule has 1 aromatic heterocycles. The summed E-state index contributed by atoms with van der Waals surface area (Å²) >= 11 is 1.75. The molecule has 1 saturated heterocycles. The van der Waals surface area contributed by atoms with Crippen molar-refractivity contribution in [1.29, 1.82) is 0 Å². The van der Waals surface area contributed by atoms with E-state index in [9.17, 15) is 4.79 Å². The van der Waals surface area contributed by atoms with Crippen molar-refractivity contribution in [2.45, 2.75) is 32.4 Å². The van der Waals surface area contributed by atoms with E-state index in [0.29, 0.717) is 12.6 Å². The summed E-state index contributed by atoms with van der Waals surface area (Å²) in [7, 11) is 0. The number of fused-ring (bicyclic) bond motifs is 1. The summed E-state index contributed by atoms with van der Waals surface area (Å²) in [5.41, 5.74) is 4.00. The van der Waals surface area contributed by atoms with Crippen LogP contribution in [0.4, 0.5) is 5.69 Å². The third-order valence-electron chi connectivity index (χ3n) is 5.68. The molecular weight excluding hydrogens is 342 g/mol. The molecular formula is C21H27N3OS. The van der Waals surface area contributed by atoms with Crippen LogP contribution in [0.25, 0.3) is 0 Å². The zero-order valence-electron chi connectivity index (χ0n) is 15.4. The summed E-state index contributed by atoms with van der Waals surface area (Å²) < 4.78 is 0. The van der Waals surface area contributed by atoms with Crippen molar-refractivity contribution in [3.8, 4) is 0 Å². The van der Waals surface area contributed by atoms with E-state index in [2.05, 4.69) is 57.8 Å². The van der Waals surface area contributed by atoms with Crippen LogP contribution in [-0.2, 0) is 17.8 Å². The molecule has 5 heteroatoms. The van der Waals surface area contributed by atoms with Crippen LogP contribution in [0.2, 0.25) is 0 Å². The Kier molecular flexibility index (Phi) is 5.27. The van der Waals surface area contributed by atoms with Gasteiger partial charge in [0.05, 0.1) is 6.54 Å². The largest absolute Gasteiger partial charge is 0.359 e. The Morgan fingerprint density at radius 2 is 1.96 bits per heavy atom. The van der Waals surface area contributed by atoms with Crippen LogP contribution in [0.5, 0.6) is 0 Å². The van der Waals surface area contributed by atoms with Crippen molar-refractivity contribution in [3.05, 3.63) is 52.2 Å². The molecule has 0 aliphatic carbocycles. The molecule has 1 unspecified atom stereocenters. The fourth-order valence-electron chi connectivity index (χ4n) is 4.04. The van der Waals surface area contributed by atoms with E-state index < -0.39 is 0 Å². The number of hydrogen-bond donors (Lipinski definition) is 0. The lowest BCUT2D eigenvalue weighted by atomic mass is 9.96. The quantitative estimate of drug-likeness (QED) is 0.828. The standard InChI is InChI=1S/C21H27N3OS/c1-17-6-7-19-4-2-3-5-20(19)24(17)15-21(25)23-11-9-22(10-12-23)14-18-8-13-26-16-18/h2-5,8,13,16-17H,6-7,9-12,14-15H2,1H3. The Bertz CT molecular complexity index is 737. The molecule has 2 aliphatic heterocycles. The lowest BCUT2D eigenvalue weighted by molar-refractivity contribution is -0.131. The number of nitrogens with zero attached hydrogens (tertiary/aromatic N) is 3. The minimum Gasteiger partial charge on any atom is -0.359 e. The highest BCUT2D eigenvalue weighted by atomic mass is 32.1. The summed E-state index contributed by atoms with van der Waals surface area (Å²) in [4.78, 5) is 19.7. The van der Waals surface area contributed by atoms with Crippen LogP contribution in [0.15, 0.2) is 41.1 Å². The summed E-state index contributed by atoms with van der Waals surface area (Å²) in [6.07, 6.45) is 2.24. The van der Waals surface area contributed by atoms with Gasteiger partial charge < -0.3 is 9.80 Å². The first-order valence-corrected chi connectivity index (χ1v) is 10.5. The molecule has 2 aliphatic rings. The molecule has 0 radical (unpaired) electrons. The van der Waals surface area contributed by atoms with Gasteiger partial charge in [-0.05, 0) is 53.8 Å². The van der Waals surface area contributed by atoms with Gasteiger partial charge in [-0.25, -0.2) is 0 Å². The maximum atomic E-state index is 12.9. The zero-order valence-corrected chi connectivity index (χ0v) is 16.3. The molecule has 0 spiro atoms. The van der Waals surface area contributed by atoms with E-state index in [1.54, 1.807) is 11.3 Å². The van der Waals surface area contributed by atoms with Crippen molar-refractivity contribution in [1.82, 2.24) is 9.80 Å². The number of carbonyl (C=O) groups is 1. The van der Waals surface area contributed by atoms with Crippen LogP contribution in [0.3, 0.4) is 0 Å². The number of para-hydroxylation sites is 1. The van der Waals surface area contributed by atoms with E-state index in [0.717, 1.165) is 45.6 Å². The van der Waals surface area contributed by atoms with Gasteiger partial charge in [0, 0.05) is 44.5 Å². The molecule has 0 saturated carbocycles. The predicted octanol–water partition coefficient (Wildman–Crippen LogP) is 3.23. The maximum absolute atomic E-state index is 12.9. The number of rotatable bonds is 4. The molecule has 138 valence electrons. The van der Waals surface area contributed by atoms with Crippen LogP contribution in [0.1, 0.15) is 24.5 Å². The van der Waals surface area contributed by atoms with Gasteiger partial charge in [-0.2, -0.15) is 11.3 Å². The fourth-order valence-corrected chi connectivity index (χ4v) is 4.70. The second-order valence-electron chi connectivity index (χ2n) is 7.43. The number of amides is 1. The van der Waals surface area contributed by atoms with Gasteiger partial charge in [-0.15, -0.1) is 0 Å². The number of aryl methyl sites for hydroxylation is 1. The van der Waals surface area contributed by atoms with E-state index in [1.807, 2.05) is 4.90 Å². The Morgan fingerprint density at radius 1 is 1.15 bits per heavy atom. The lowest BCUT2D eigenvalue weighted by Gasteiger charge is -2.39. The molecule has 0 bridgehead atoms. The Hall–Kier alpha value is -1.85. The normalized spacial score (nSPS) is 20.9. The summed E-state index contributed by atoms with van der Waals surface area (Å²) in [6, 6.07) is 11.2. The molecule has 2 aromatic rings. The molecule has 3 heterocycles. The average Bonchev–Trinajstić information content (AvgIpc) is 3.17. The smallest absolute Gasteiger partial charge is 0.242 e. The van der Waals surface area contributed by atoms with E-state index in [4.69, 9.17) is 0 Å². The minimum atomic E-state index is 0.267. The first kappa shape index (κ1) is 17.6. The summed E-state index contributed by atoms with van der Waals surface area (Å²) in [5.74, 6) is 0.267. The fraction of sp³-hybridized carbons (Fsp3) is 0.476. The number of piperazine rings is 1. The summed E-state index contributed by atoms with van der Waals surface area (Å²) in [5, 5.41) is 4.35. The van der Waals surface area contributed by atoms with Crippen molar-refractivity contribution in [2.75, 3.05) is 37.6 Å². The van der Waals surface area contributed by atoms with Gasteiger partial charge in [-0.3, -0.25) is 9.69 Å². The number of benzene rings is 1. The van der Waals surface area contributed by atoms with Crippen LogP contribution in [-0.4, -0.2) is 54.5 Å². The van der Waals surface area contributed by atoms with Gasteiger partial charge in [-0.1, -0.05) is 18.2 Å². The van der Waals surface area contributed by atoms with Gasteiger partial charge in [0.1, 0.15) is 0 Å². The molecule has 1 aromatic carbocycles. The molecule has 4 rings (SSSR count). The van der Waals surface area contributed by atoms with Crippen molar-refractivity contribution >= 4 is 22.9 Å². The first-order chi connectivity index (χ1) is 12.7. The Morgan fingerprint density at radius 3 is 2.73 bits per heavy atom. The molecule has 1 fully saturated rings. The number of carbonyl (C=O) groups excluding carboxylic acids is 1. The maximum Gasteiger partial charge on any atom is 0.242 e. The van der Waals surface area contributed by atoms with E-state index in [-0.39, 0.29) is 5.91 Å². The monoisotopic (exact) mass is 369 g/mol. The number of thiophene rings is 1. The van der Waals surface area contributed by atoms with E-state index >= 15 is 0 Å². The van der Waals surface area contributed by atoms with Crippen molar-refractivity contribution < 1.29 is 4.79 Å². The van der Waals surface area contributed by atoms with E-state index in [1.165, 1.54) is 16.8 Å². The molecule has 4 nitrogen and oxygen atoms in total. The highest BCUT2D eigenvalue weighted by Gasteiger charge is 2.28. The third-order valence-corrected chi connectivity index (χ3v) is 6.41. The molecule has 26 heavy (non-hydrogen) atoms. The van der Waals surface area contributed by atoms with Gasteiger partial charge >= 0.3 is 0 Å². The lowest BCUT2D eigenvalue weighted by Crippen LogP contribution is -2.52. The second-order valence-corrected chi connectivity index (χ2v) is 8.21. The van der Waals surface area contributed by atoms with Gasteiger partial charge in [0.25, 0.3) is 0 Å². The zero-order chi connectivity index (χ0) is 17.9. The minimum absolute atomic E-state index is 0.267. The predicted molar refractivity (Wildman–Crippen MR) is 108 cm³/mol. The third kappa shape index (κ3) is 3.79. The van der Waals surface area contributed by atoms with Crippen LogP contribution < -0.4 is 4.90 Å². The van der Waals surface area contributed by atoms with Crippen molar-refractivity contribution in [3.63, 3.8) is 0 Å². The first-order valence-electron chi connectivity index (χ1n) is 9.56. The number of anilines is 1. The SMILES string of the molecule is CC1CCc2ccccc2N1CC(=O)N1CCN(Cc2ccsc2)CC1. The number of hydrogen-bond acceptors (Lipinski definition) is 4. The average molecular weight is 370 g/mol. The highest BCUT2D eigenvalue weighted by Crippen LogP contribution is 2.30. The van der Waals surface area contributed by atoms with Crippen molar-refractivity contribution in [2.24, 2.45) is 0 Å². The Labute approximate surface area is 160 Å².